The lowest BCUT2D eigenvalue weighted by Crippen LogP contribution is -2.30. The summed E-state index contributed by atoms with van der Waals surface area (Å²) in [5.74, 6) is -1.02. The molecule has 0 fully saturated rings. The number of allylic oxidation sites excluding steroid dienone is 14. The Morgan fingerprint density at radius 2 is 0.695 bits per heavy atom. The Bertz CT molecular complexity index is 1170. The molecule has 0 aliphatic rings. The molecule has 0 bridgehead atoms. The highest BCUT2D eigenvalue weighted by atomic mass is 16.6. The summed E-state index contributed by atoms with van der Waals surface area (Å²) < 4.78 is 16.6. The zero-order valence-corrected chi connectivity index (χ0v) is 38.2. The predicted octanol–water partition coefficient (Wildman–Crippen LogP) is 15.6. The standard InChI is InChI=1S/C53H88O6/c1-4-7-10-13-16-18-20-22-23-24-25-26-27-28-29-31-32-34-37-40-43-46-52(55)58-49-50(48-57-51(54)45-42-39-36-15-12-9-6-3)59-53(56)47-44-41-38-35-33-30-21-19-17-14-11-8-5-2/h8,11,17,19-20,22,24-25,27-28,30,33,38,41,50H,4-7,9-10,12-16,18,21,23,26,29,31-32,34-37,39-40,42-49H2,1-3H3/b11-8-,19-17-,22-20-,25-24-,28-27-,33-30-,41-38-. The summed E-state index contributed by atoms with van der Waals surface area (Å²) in [5.41, 5.74) is 0. The lowest BCUT2D eigenvalue weighted by molar-refractivity contribution is -0.166. The fraction of sp³-hybridized carbons (Fsp3) is 0.679. The van der Waals surface area contributed by atoms with Gasteiger partial charge in [0, 0.05) is 19.3 Å². The van der Waals surface area contributed by atoms with E-state index in [0.717, 1.165) is 89.9 Å². The highest BCUT2D eigenvalue weighted by molar-refractivity contribution is 5.71. The van der Waals surface area contributed by atoms with Gasteiger partial charge in [-0.25, -0.2) is 0 Å². The zero-order chi connectivity index (χ0) is 43.0. The first-order valence-electron chi connectivity index (χ1n) is 24.1. The van der Waals surface area contributed by atoms with Gasteiger partial charge in [0.1, 0.15) is 13.2 Å². The van der Waals surface area contributed by atoms with Gasteiger partial charge in [-0.15, -0.1) is 0 Å². The molecule has 6 heteroatoms. The topological polar surface area (TPSA) is 78.9 Å². The van der Waals surface area contributed by atoms with Crippen molar-refractivity contribution in [3.05, 3.63) is 85.1 Å². The van der Waals surface area contributed by atoms with E-state index in [1.165, 1.54) is 77.0 Å². The smallest absolute Gasteiger partial charge is 0.306 e. The predicted molar refractivity (Wildman–Crippen MR) is 251 cm³/mol. The molecule has 0 aliphatic carbocycles. The minimum absolute atomic E-state index is 0.110. The largest absolute Gasteiger partial charge is 0.462 e. The average Bonchev–Trinajstić information content (AvgIpc) is 3.23. The summed E-state index contributed by atoms with van der Waals surface area (Å²) in [6.07, 6.45) is 60.3. The van der Waals surface area contributed by atoms with Gasteiger partial charge in [0.2, 0.25) is 0 Å². The third-order valence-electron chi connectivity index (χ3n) is 9.90. The van der Waals surface area contributed by atoms with E-state index in [2.05, 4.69) is 93.7 Å². The van der Waals surface area contributed by atoms with Crippen molar-refractivity contribution in [2.75, 3.05) is 13.2 Å². The number of ether oxygens (including phenoxy) is 3. The van der Waals surface area contributed by atoms with Gasteiger partial charge >= 0.3 is 17.9 Å². The zero-order valence-electron chi connectivity index (χ0n) is 38.2. The molecular formula is C53H88O6. The van der Waals surface area contributed by atoms with Crippen molar-refractivity contribution in [2.24, 2.45) is 0 Å². The second kappa shape index (κ2) is 47.3. The monoisotopic (exact) mass is 821 g/mol. The van der Waals surface area contributed by atoms with Crippen LogP contribution >= 0.6 is 0 Å². The molecule has 0 spiro atoms. The van der Waals surface area contributed by atoms with Crippen molar-refractivity contribution < 1.29 is 28.6 Å². The Kier molecular flexibility index (Phi) is 44.5. The van der Waals surface area contributed by atoms with E-state index in [-0.39, 0.29) is 31.6 Å². The summed E-state index contributed by atoms with van der Waals surface area (Å²) in [4.78, 5) is 37.6. The van der Waals surface area contributed by atoms with E-state index in [9.17, 15) is 14.4 Å². The van der Waals surface area contributed by atoms with Crippen LogP contribution in [-0.2, 0) is 28.6 Å². The number of rotatable bonds is 42. The van der Waals surface area contributed by atoms with Crippen LogP contribution < -0.4 is 0 Å². The first-order valence-corrected chi connectivity index (χ1v) is 24.1. The highest BCUT2D eigenvalue weighted by Crippen LogP contribution is 2.12. The fourth-order valence-electron chi connectivity index (χ4n) is 6.28. The molecular weight excluding hydrogens is 733 g/mol. The summed E-state index contributed by atoms with van der Waals surface area (Å²) in [5, 5.41) is 0. The van der Waals surface area contributed by atoms with Crippen LogP contribution in [0.3, 0.4) is 0 Å². The van der Waals surface area contributed by atoms with Crippen molar-refractivity contribution >= 4 is 17.9 Å². The first kappa shape index (κ1) is 55.6. The Morgan fingerprint density at radius 1 is 0.356 bits per heavy atom. The maximum Gasteiger partial charge on any atom is 0.306 e. The molecule has 59 heavy (non-hydrogen) atoms. The van der Waals surface area contributed by atoms with Gasteiger partial charge in [-0.3, -0.25) is 14.4 Å². The van der Waals surface area contributed by atoms with Crippen LogP contribution in [0.15, 0.2) is 85.1 Å². The van der Waals surface area contributed by atoms with Gasteiger partial charge in [0.05, 0.1) is 0 Å². The Morgan fingerprint density at radius 3 is 1.10 bits per heavy atom. The Balaban J connectivity index is 4.35. The highest BCUT2D eigenvalue weighted by Gasteiger charge is 2.19. The molecule has 0 aromatic rings. The van der Waals surface area contributed by atoms with Crippen molar-refractivity contribution in [3.8, 4) is 0 Å². The number of carbonyl (C=O) groups is 3. The summed E-state index contributed by atoms with van der Waals surface area (Å²) in [7, 11) is 0. The fourth-order valence-corrected chi connectivity index (χ4v) is 6.28. The van der Waals surface area contributed by atoms with E-state index in [4.69, 9.17) is 14.2 Å². The molecule has 0 heterocycles. The van der Waals surface area contributed by atoms with Crippen molar-refractivity contribution in [1.29, 1.82) is 0 Å². The third-order valence-corrected chi connectivity index (χ3v) is 9.90. The van der Waals surface area contributed by atoms with Crippen LogP contribution in [0.5, 0.6) is 0 Å². The van der Waals surface area contributed by atoms with Crippen LogP contribution in [0.25, 0.3) is 0 Å². The molecule has 0 saturated heterocycles. The van der Waals surface area contributed by atoms with Gasteiger partial charge < -0.3 is 14.2 Å². The molecule has 1 atom stereocenters. The lowest BCUT2D eigenvalue weighted by Gasteiger charge is -2.18. The SMILES string of the molecule is CC/C=C\C/C=C\C/C=C\C/C=C\CCC(=O)OC(COC(=O)CCCCCCCCC)COC(=O)CCCCCCCC/C=C\C/C=C\C/C=C\CCCCCCC. The number of hydrogen-bond donors (Lipinski definition) is 0. The minimum Gasteiger partial charge on any atom is -0.462 e. The van der Waals surface area contributed by atoms with Crippen molar-refractivity contribution in [2.45, 2.75) is 219 Å². The molecule has 0 radical (unpaired) electrons. The molecule has 6 nitrogen and oxygen atoms in total. The number of hydrogen-bond acceptors (Lipinski definition) is 6. The summed E-state index contributed by atoms with van der Waals surface area (Å²) in [6.45, 7) is 6.37. The van der Waals surface area contributed by atoms with E-state index >= 15 is 0 Å². The van der Waals surface area contributed by atoms with E-state index in [1.807, 2.05) is 12.2 Å². The summed E-state index contributed by atoms with van der Waals surface area (Å²) >= 11 is 0. The quantitative estimate of drug-likeness (QED) is 0.0264. The number of esters is 3. The normalized spacial score (nSPS) is 12.8. The average molecular weight is 821 g/mol. The molecule has 0 aromatic heterocycles. The van der Waals surface area contributed by atoms with Crippen molar-refractivity contribution in [1.82, 2.24) is 0 Å². The van der Waals surface area contributed by atoms with Gasteiger partial charge in [-0.1, -0.05) is 196 Å². The lowest BCUT2D eigenvalue weighted by atomic mass is 10.1. The maximum absolute atomic E-state index is 12.7. The Labute approximate surface area is 363 Å². The molecule has 0 amide bonds. The van der Waals surface area contributed by atoms with E-state index in [1.54, 1.807) is 0 Å². The molecule has 1 unspecified atom stereocenters. The first-order chi connectivity index (χ1) is 29.0. The maximum atomic E-state index is 12.7. The van der Waals surface area contributed by atoms with Crippen LogP contribution in [0.1, 0.15) is 213 Å². The molecule has 0 aliphatic heterocycles. The molecule has 0 saturated carbocycles. The minimum atomic E-state index is -0.816. The Hall–Kier alpha value is -3.41. The van der Waals surface area contributed by atoms with E-state index < -0.39 is 12.1 Å². The molecule has 0 aromatic carbocycles. The summed E-state index contributed by atoms with van der Waals surface area (Å²) in [6, 6.07) is 0. The van der Waals surface area contributed by atoms with Gasteiger partial charge in [-0.2, -0.15) is 0 Å². The van der Waals surface area contributed by atoms with Gasteiger partial charge in [0.25, 0.3) is 0 Å². The molecule has 336 valence electrons. The van der Waals surface area contributed by atoms with Crippen LogP contribution in [0.4, 0.5) is 0 Å². The molecule has 0 rings (SSSR count). The van der Waals surface area contributed by atoms with Crippen molar-refractivity contribution in [3.63, 3.8) is 0 Å². The molecule has 0 N–H and O–H groups in total. The van der Waals surface area contributed by atoms with E-state index in [0.29, 0.717) is 19.3 Å². The van der Waals surface area contributed by atoms with Crippen LogP contribution in [-0.4, -0.2) is 37.2 Å². The number of unbranched alkanes of at least 4 members (excludes halogenated alkanes) is 17. The van der Waals surface area contributed by atoms with Crippen LogP contribution in [0.2, 0.25) is 0 Å². The van der Waals surface area contributed by atoms with Gasteiger partial charge in [-0.05, 0) is 83.5 Å². The number of carbonyl (C=O) groups excluding carboxylic acids is 3. The second-order valence-electron chi connectivity index (χ2n) is 15.6. The van der Waals surface area contributed by atoms with Gasteiger partial charge in [0.15, 0.2) is 6.10 Å². The third kappa shape index (κ3) is 45.5. The van der Waals surface area contributed by atoms with Crippen LogP contribution in [0, 0.1) is 0 Å². The second-order valence-corrected chi connectivity index (χ2v) is 15.6.